The lowest BCUT2D eigenvalue weighted by Crippen LogP contribution is -2.19. The first kappa shape index (κ1) is 10.8. The molecule has 4 heteroatoms. The van der Waals surface area contributed by atoms with E-state index in [-0.39, 0.29) is 12.6 Å². The van der Waals surface area contributed by atoms with Crippen LogP contribution in [0, 0.1) is 0 Å². The second-order valence-corrected chi connectivity index (χ2v) is 3.51. The van der Waals surface area contributed by atoms with Crippen molar-refractivity contribution in [1.82, 2.24) is 5.32 Å². The van der Waals surface area contributed by atoms with Gasteiger partial charge < -0.3 is 10.4 Å². The van der Waals surface area contributed by atoms with E-state index < -0.39 is 0 Å². The average Bonchev–Trinajstić information content (AvgIpc) is 2.13. The van der Waals surface area contributed by atoms with Crippen LogP contribution in [0.4, 0.5) is 0 Å². The Kier molecular flexibility index (Phi) is 4.00. The number of aliphatic hydroxyl groups is 1. The van der Waals surface area contributed by atoms with Gasteiger partial charge in [-0.25, -0.2) is 0 Å². The Balaban J connectivity index is 2.95. The molecule has 0 aliphatic rings. The molecule has 13 heavy (non-hydrogen) atoms. The number of hydrogen-bond acceptors (Lipinski definition) is 2. The van der Waals surface area contributed by atoms with Crippen LogP contribution in [0.5, 0.6) is 0 Å². The second-order valence-electron chi connectivity index (χ2n) is 2.70. The van der Waals surface area contributed by atoms with Crippen molar-refractivity contribution in [3.05, 3.63) is 33.8 Å². The molecule has 1 rings (SSSR count). The molecule has 1 aromatic carbocycles. The minimum atomic E-state index is -0.0882. The van der Waals surface area contributed by atoms with Gasteiger partial charge in [0.1, 0.15) is 0 Å². The highest BCUT2D eigenvalue weighted by Crippen LogP contribution is 2.25. The van der Waals surface area contributed by atoms with Crippen molar-refractivity contribution in [2.45, 2.75) is 6.04 Å². The molecule has 0 bridgehead atoms. The fraction of sp³-hybridized carbons (Fsp3) is 0.333. The van der Waals surface area contributed by atoms with E-state index in [1.807, 2.05) is 6.07 Å². The van der Waals surface area contributed by atoms with Gasteiger partial charge in [-0.15, -0.1) is 0 Å². The zero-order valence-electron chi connectivity index (χ0n) is 7.22. The first-order valence-corrected chi connectivity index (χ1v) is 4.67. The molecule has 2 nitrogen and oxygen atoms in total. The molecular weight excluding hydrogens is 209 g/mol. The average molecular weight is 220 g/mol. The first-order chi connectivity index (χ1) is 6.19. The molecule has 1 atom stereocenters. The van der Waals surface area contributed by atoms with Gasteiger partial charge in [-0.1, -0.05) is 29.3 Å². The van der Waals surface area contributed by atoms with E-state index in [2.05, 4.69) is 5.32 Å². The van der Waals surface area contributed by atoms with Crippen LogP contribution in [-0.4, -0.2) is 18.8 Å². The van der Waals surface area contributed by atoms with Gasteiger partial charge in [-0.05, 0) is 24.7 Å². The Morgan fingerprint density at radius 3 is 2.54 bits per heavy atom. The van der Waals surface area contributed by atoms with Crippen molar-refractivity contribution in [2.24, 2.45) is 0 Å². The van der Waals surface area contributed by atoms with Crippen LogP contribution in [0.1, 0.15) is 11.6 Å². The van der Waals surface area contributed by atoms with Gasteiger partial charge in [-0.2, -0.15) is 0 Å². The summed E-state index contributed by atoms with van der Waals surface area (Å²) < 4.78 is 0. The molecule has 1 aromatic rings. The van der Waals surface area contributed by atoms with E-state index in [1.54, 1.807) is 19.2 Å². The monoisotopic (exact) mass is 219 g/mol. The van der Waals surface area contributed by atoms with Gasteiger partial charge in [0.2, 0.25) is 0 Å². The second kappa shape index (κ2) is 4.82. The largest absolute Gasteiger partial charge is 0.394 e. The van der Waals surface area contributed by atoms with E-state index in [0.29, 0.717) is 10.0 Å². The number of hydrogen-bond donors (Lipinski definition) is 2. The summed E-state index contributed by atoms with van der Waals surface area (Å²) in [5, 5.41) is 13.0. The summed E-state index contributed by atoms with van der Waals surface area (Å²) in [5.41, 5.74) is 0.930. The van der Waals surface area contributed by atoms with Gasteiger partial charge in [0.25, 0.3) is 0 Å². The number of rotatable bonds is 3. The Hall–Kier alpha value is -0.280. The lowest BCUT2D eigenvalue weighted by atomic mass is 10.1. The lowest BCUT2D eigenvalue weighted by Gasteiger charge is -2.13. The molecule has 2 N–H and O–H groups in total. The zero-order chi connectivity index (χ0) is 9.84. The molecule has 0 saturated carbocycles. The molecule has 72 valence electrons. The summed E-state index contributed by atoms with van der Waals surface area (Å²) in [6.45, 7) is 0.0362. The molecule has 1 unspecified atom stereocenters. The highest BCUT2D eigenvalue weighted by Gasteiger charge is 2.08. The third-order valence-electron chi connectivity index (χ3n) is 1.88. The molecule has 0 aliphatic carbocycles. The minimum absolute atomic E-state index is 0.0362. The normalized spacial score (nSPS) is 12.9. The fourth-order valence-corrected chi connectivity index (χ4v) is 1.40. The summed E-state index contributed by atoms with van der Waals surface area (Å²) in [6, 6.07) is 5.22. The Morgan fingerprint density at radius 1 is 1.38 bits per heavy atom. The molecule has 0 heterocycles. The minimum Gasteiger partial charge on any atom is -0.394 e. The van der Waals surface area contributed by atoms with Crippen molar-refractivity contribution in [3.8, 4) is 0 Å². The highest BCUT2D eigenvalue weighted by molar-refractivity contribution is 6.42. The van der Waals surface area contributed by atoms with Gasteiger partial charge in [0.05, 0.1) is 22.7 Å². The number of likely N-dealkylation sites (N-methyl/N-ethyl adjacent to an activating group) is 1. The zero-order valence-corrected chi connectivity index (χ0v) is 8.73. The smallest absolute Gasteiger partial charge is 0.0626 e. The van der Waals surface area contributed by atoms with Crippen molar-refractivity contribution < 1.29 is 5.11 Å². The summed E-state index contributed by atoms with van der Waals surface area (Å²) in [6.07, 6.45) is 0. The topological polar surface area (TPSA) is 32.3 Å². The number of aliphatic hydroxyl groups excluding tert-OH is 1. The number of halogens is 2. The third kappa shape index (κ3) is 2.58. The lowest BCUT2D eigenvalue weighted by molar-refractivity contribution is 0.251. The predicted octanol–water partition coefficient (Wildman–Crippen LogP) is 2.25. The maximum absolute atomic E-state index is 9.00. The van der Waals surface area contributed by atoms with Crippen LogP contribution in [0.15, 0.2) is 18.2 Å². The molecule has 0 fully saturated rings. The van der Waals surface area contributed by atoms with Crippen LogP contribution < -0.4 is 5.32 Å². The van der Waals surface area contributed by atoms with Crippen LogP contribution in [-0.2, 0) is 0 Å². The van der Waals surface area contributed by atoms with E-state index in [9.17, 15) is 0 Å². The van der Waals surface area contributed by atoms with Gasteiger partial charge in [-0.3, -0.25) is 0 Å². The highest BCUT2D eigenvalue weighted by atomic mass is 35.5. The summed E-state index contributed by atoms with van der Waals surface area (Å²) >= 11 is 11.6. The van der Waals surface area contributed by atoms with E-state index in [1.165, 1.54) is 0 Å². The van der Waals surface area contributed by atoms with E-state index in [4.69, 9.17) is 28.3 Å². The molecule has 0 saturated heterocycles. The Labute approximate surface area is 87.5 Å². The maximum Gasteiger partial charge on any atom is 0.0626 e. The molecule has 0 amide bonds. The van der Waals surface area contributed by atoms with Crippen LogP contribution in [0.25, 0.3) is 0 Å². The van der Waals surface area contributed by atoms with Crippen molar-refractivity contribution >= 4 is 23.2 Å². The third-order valence-corrected chi connectivity index (χ3v) is 2.62. The van der Waals surface area contributed by atoms with Crippen molar-refractivity contribution in [1.29, 1.82) is 0 Å². The van der Waals surface area contributed by atoms with Gasteiger partial charge >= 0.3 is 0 Å². The van der Waals surface area contributed by atoms with Gasteiger partial charge in [0, 0.05) is 0 Å². The molecule has 0 spiro atoms. The number of nitrogens with one attached hydrogen (secondary N) is 1. The van der Waals surface area contributed by atoms with Crippen LogP contribution >= 0.6 is 23.2 Å². The Bertz CT molecular complexity index is 287. The fourth-order valence-electron chi connectivity index (χ4n) is 1.09. The SMILES string of the molecule is CNC(CO)c1ccc(Cl)c(Cl)c1. The maximum atomic E-state index is 9.00. The standard InChI is InChI=1S/C9H11Cl2NO/c1-12-9(5-13)6-2-3-7(10)8(11)4-6/h2-4,9,12-13H,5H2,1H3. The molecule has 0 aromatic heterocycles. The first-order valence-electron chi connectivity index (χ1n) is 3.92. The molecule has 0 radical (unpaired) electrons. The summed E-state index contributed by atoms with van der Waals surface area (Å²) in [5.74, 6) is 0. The molecule has 0 aliphatic heterocycles. The quantitative estimate of drug-likeness (QED) is 0.818. The van der Waals surface area contributed by atoms with E-state index in [0.717, 1.165) is 5.56 Å². The van der Waals surface area contributed by atoms with Crippen LogP contribution in [0.2, 0.25) is 10.0 Å². The summed E-state index contributed by atoms with van der Waals surface area (Å²) in [4.78, 5) is 0. The Morgan fingerprint density at radius 2 is 2.08 bits per heavy atom. The molecular formula is C9H11Cl2NO. The number of benzene rings is 1. The summed E-state index contributed by atoms with van der Waals surface area (Å²) in [7, 11) is 1.78. The predicted molar refractivity (Wildman–Crippen MR) is 55.3 cm³/mol. The van der Waals surface area contributed by atoms with Crippen molar-refractivity contribution in [2.75, 3.05) is 13.7 Å². The van der Waals surface area contributed by atoms with E-state index >= 15 is 0 Å². The van der Waals surface area contributed by atoms with Crippen LogP contribution in [0.3, 0.4) is 0 Å². The van der Waals surface area contributed by atoms with Gasteiger partial charge in [0.15, 0.2) is 0 Å². The van der Waals surface area contributed by atoms with Crippen molar-refractivity contribution in [3.63, 3.8) is 0 Å².